The van der Waals surface area contributed by atoms with E-state index >= 15 is 0 Å². The number of ketones is 1. The molecule has 2 aromatic rings. The zero-order valence-electron chi connectivity index (χ0n) is 9.91. The number of rotatable bonds is 3. The van der Waals surface area contributed by atoms with Gasteiger partial charge in [0.25, 0.3) is 0 Å². The summed E-state index contributed by atoms with van der Waals surface area (Å²) in [6.45, 7) is 0. The van der Waals surface area contributed by atoms with Gasteiger partial charge >= 0.3 is 0 Å². The van der Waals surface area contributed by atoms with Crippen LogP contribution < -0.4 is 4.74 Å². The van der Waals surface area contributed by atoms with Crippen LogP contribution >= 0.6 is 39.1 Å². The number of carbonyl (C=O) groups is 1. The first-order valence-electron chi connectivity index (χ1n) is 5.36. The van der Waals surface area contributed by atoms with Crippen molar-refractivity contribution in [3.63, 3.8) is 0 Å². The van der Waals surface area contributed by atoms with Crippen LogP contribution in [0.15, 0.2) is 40.9 Å². The molecule has 0 aliphatic rings. The molecule has 19 heavy (non-hydrogen) atoms. The Morgan fingerprint density at radius 3 is 2.42 bits per heavy atom. The lowest BCUT2D eigenvalue weighted by molar-refractivity contribution is 0.103. The molecule has 2 nitrogen and oxygen atoms in total. The van der Waals surface area contributed by atoms with E-state index in [0.717, 1.165) is 0 Å². The number of ether oxygens (including phenoxy) is 1. The Morgan fingerprint density at radius 1 is 1.11 bits per heavy atom. The van der Waals surface area contributed by atoms with Crippen molar-refractivity contribution < 1.29 is 9.53 Å². The molecule has 0 unspecified atom stereocenters. The second-order valence-corrected chi connectivity index (χ2v) is 5.47. The Morgan fingerprint density at radius 2 is 1.84 bits per heavy atom. The first-order chi connectivity index (χ1) is 9.02. The molecular formula is C14H9BrCl2O2. The highest BCUT2D eigenvalue weighted by Gasteiger charge is 2.14. The van der Waals surface area contributed by atoms with E-state index in [2.05, 4.69) is 15.9 Å². The molecule has 2 rings (SSSR count). The molecular weight excluding hydrogens is 351 g/mol. The van der Waals surface area contributed by atoms with E-state index in [0.29, 0.717) is 31.4 Å². The lowest BCUT2D eigenvalue weighted by atomic mass is 10.0. The molecule has 0 radical (unpaired) electrons. The molecule has 0 spiro atoms. The summed E-state index contributed by atoms with van der Waals surface area (Å²) in [6, 6.07) is 9.95. The molecule has 0 saturated heterocycles. The van der Waals surface area contributed by atoms with Crippen molar-refractivity contribution in [1.29, 1.82) is 0 Å². The maximum Gasteiger partial charge on any atom is 0.194 e. The Kier molecular flexibility index (Phi) is 4.50. The van der Waals surface area contributed by atoms with Crippen LogP contribution in [0.2, 0.25) is 10.0 Å². The standard InChI is InChI=1S/C14H9BrCl2O2/c1-19-9-3-4-10(13(17)7-9)14(18)8-2-5-12(16)11(15)6-8/h2-7H,1H3. The fourth-order valence-electron chi connectivity index (χ4n) is 1.60. The number of carbonyl (C=O) groups excluding carboxylic acids is 1. The largest absolute Gasteiger partial charge is 0.497 e. The molecule has 0 atom stereocenters. The molecule has 0 saturated carbocycles. The molecule has 2 aromatic carbocycles. The van der Waals surface area contributed by atoms with Gasteiger partial charge in [-0.3, -0.25) is 4.79 Å². The molecule has 5 heteroatoms. The summed E-state index contributed by atoms with van der Waals surface area (Å²) in [5, 5.41) is 0.910. The third-order valence-corrected chi connectivity index (χ3v) is 4.13. The molecule has 0 aliphatic carbocycles. The van der Waals surface area contributed by atoms with Crippen molar-refractivity contribution in [1.82, 2.24) is 0 Å². The summed E-state index contributed by atoms with van der Waals surface area (Å²) in [5.41, 5.74) is 0.944. The lowest BCUT2D eigenvalue weighted by Crippen LogP contribution is -2.02. The van der Waals surface area contributed by atoms with E-state index in [1.807, 2.05) is 0 Å². The topological polar surface area (TPSA) is 26.3 Å². The highest BCUT2D eigenvalue weighted by Crippen LogP contribution is 2.28. The zero-order valence-corrected chi connectivity index (χ0v) is 13.0. The van der Waals surface area contributed by atoms with Gasteiger partial charge in [-0.05, 0) is 52.3 Å². The van der Waals surface area contributed by atoms with Crippen molar-refractivity contribution in [2.24, 2.45) is 0 Å². The van der Waals surface area contributed by atoms with Crippen LogP contribution in [-0.2, 0) is 0 Å². The quantitative estimate of drug-likeness (QED) is 0.721. The first-order valence-corrected chi connectivity index (χ1v) is 6.91. The average Bonchev–Trinajstić information content (AvgIpc) is 2.41. The van der Waals surface area contributed by atoms with Crippen LogP contribution in [0, 0.1) is 0 Å². The number of halogens is 3. The van der Waals surface area contributed by atoms with Gasteiger partial charge in [-0.2, -0.15) is 0 Å². The molecule has 0 aliphatic heterocycles. The Bertz CT molecular complexity index is 641. The van der Waals surface area contributed by atoms with Crippen LogP contribution in [-0.4, -0.2) is 12.9 Å². The number of methoxy groups -OCH3 is 1. The molecule has 98 valence electrons. The van der Waals surface area contributed by atoms with Crippen LogP contribution in [0.5, 0.6) is 5.75 Å². The Labute approximate surface area is 129 Å². The fourth-order valence-corrected chi connectivity index (χ4v) is 2.35. The van der Waals surface area contributed by atoms with Gasteiger partial charge in [-0.1, -0.05) is 23.2 Å². The molecule has 0 N–H and O–H groups in total. The summed E-state index contributed by atoms with van der Waals surface area (Å²) >= 11 is 15.3. The predicted octanol–water partition coefficient (Wildman–Crippen LogP) is 5.00. The smallest absolute Gasteiger partial charge is 0.194 e. The highest BCUT2D eigenvalue weighted by atomic mass is 79.9. The van der Waals surface area contributed by atoms with Crippen LogP contribution in [0.25, 0.3) is 0 Å². The summed E-state index contributed by atoms with van der Waals surface area (Å²) in [7, 11) is 1.55. The maximum atomic E-state index is 12.3. The van der Waals surface area contributed by atoms with E-state index in [4.69, 9.17) is 27.9 Å². The summed E-state index contributed by atoms with van der Waals surface area (Å²) in [6.07, 6.45) is 0. The maximum absolute atomic E-state index is 12.3. The molecule has 0 aromatic heterocycles. The van der Waals surface area contributed by atoms with E-state index in [-0.39, 0.29) is 5.78 Å². The third kappa shape index (κ3) is 3.11. The van der Waals surface area contributed by atoms with Crippen LogP contribution in [0.4, 0.5) is 0 Å². The summed E-state index contributed by atoms with van der Waals surface area (Å²) < 4.78 is 5.72. The first kappa shape index (κ1) is 14.4. The van der Waals surface area contributed by atoms with Gasteiger partial charge in [-0.15, -0.1) is 0 Å². The minimum absolute atomic E-state index is 0.162. The average molecular weight is 360 g/mol. The Hall–Kier alpha value is -1.03. The van der Waals surface area contributed by atoms with Crippen molar-refractivity contribution in [3.8, 4) is 5.75 Å². The van der Waals surface area contributed by atoms with E-state index in [9.17, 15) is 4.79 Å². The zero-order chi connectivity index (χ0) is 14.0. The van der Waals surface area contributed by atoms with Gasteiger partial charge in [0.15, 0.2) is 5.78 Å². The van der Waals surface area contributed by atoms with Crippen molar-refractivity contribution in [3.05, 3.63) is 62.0 Å². The van der Waals surface area contributed by atoms with Crippen molar-refractivity contribution in [2.45, 2.75) is 0 Å². The van der Waals surface area contributed by atoms with Crippen molar-refractivity contribution >= 4 is 44.9 Å². The number of benzene rings is 2. The second-order valence-electron chi connectivity index (χ2n) is 3.80. The van der Waals surface area contributed by atoms with Gasteiger partial charge in [0.1, 0.15) is 5.75 Å². The van der Waals surface area contributed by atoms with Gasteiger partial charge in [0, 0.05) is 15.6 Å². The monoisotopic (exact) mass is 358 g/mol. The molecule has 0 amide bonds. The van der Waals surface area contributed by atoms with Gasteiger partial charge < -0.3 is 4.74 Å². The molecule has 0 fully saturated rings. The predicted molar refractivity (Wildman–Crippen MR) is 80.6 cm³/mol. The summed E-state index contributed by atoms with van der Waals surface area (Å²) in [5.74, 6) is 0.448. The number of hydrogen-bond acceptors (Lipinski definition) is 2. The van der Waals surface area contributed by atoms with Crippen molar-refractivity contribution in [2.75, 3.05) is 7.11 Å². The minimum Gasteiger partial charge on any atom is -0.497 e. The fraction of sp³-hybridized carbons (Fsp3) is 0.0714. The van der Waals surface area contributed by atoms with E-state index in [1.165, 1.54) is 0 Å². The van der Waals surface area contributed by atoms with Crippen LogP contribution in [0.1, 0.15) is 15.9 Å². The lowest BCUT2D eigenvalue weighted by Gasteiger charge is -2.07. The third-order valence-electron chi connectivity index (χ3n) is 2.60. The van der Waals surface area contributed by atoms with Gasteiger partial charge in [-0.25, -0.2) is 0 Å². The highest BCUT2D eigenvalue weighted by molar-refractivity contribution is 9.10. The second kappa shape index (κ2) is 5.95. The van der Waals surface area contributed by atoms with Gasteiger partial charge in [0.05, 0.1) is 17.2 Å². The molecule has 0 heterocycles. The SMILES string of the molecule is COc1ccc(C(=O)c2ccc(Cl)c(Br)c2)c(Cl)c1. The summed E-state index contributed by atoms with van der Waals surface area (Å²) in [4.78, 5) is 12.3. The van der Waals surface area contributed by atoms with Gasteiger partial charge in [0.2, 0.25) is 0 Å². The van der Waals surface area contributed by atoms with E-state index < -0.39 is 0 Å². The van der Waals surface area contributed by atoms with E-state index in [1.54, 1.807) is 43.5 Å². The molecule has 0 bridgehead atoms. The Balaban J connectivity index is 2.41. The number of hydrogen-bond donors (Lipinski definition) is 0. The van der Waals surface area contributed by atoms with Crippen LogP contribution in [0.3, 0.4) is 0 Å². The normalized spacial score (nSPS) is 10.3. The minimum atomic E-state index is -0.162.